The second kappa shape index (κ2) is 8.30. The van der Waals surface area contributed by atoms with Gasteiger partial charge in [-0.15, -0.1) is 0 Å². The number of hydrogen-bond donors (Lipinski definition) is 0. The van der Waals surface area contributed by atoms with E-state index in [1.807, 2.05) is 36.1 Å². The van der Waals surface area contributed by atoms with Gasteiger partial charge in [0.25, 0.3) is 0 Å². The summed E-state index contributed by atoms with van der Waals surface area (Å²) >= 11 is 0. The number of fused-ring (bicyclic) bond motifs is 1. The molecule has 1 atom stereocenters. The van der Waals surface area contributed by atoms with Gasteiger partial charge in [-0.25, -0.2) is 14.4 Å². The van der Waals surface area contributed by atoms with Crippen molar-refractivity contribution in [1.29, 1.82) is 0 Å². The van der Waals surface area contributed by atoms with E-state index in [4.69, 9.17) is 9.72 Å². The van der Waals surface area contributed by atoms with Gasteiger partial charge in [0.1, 0.15) is 17.3 Å². The molecule has 33 heavy (non-hydrogen) atoms. The third-order valence-corrected chi connectivity index (χ3v) is 5.41. The normalized spacial score (nSPS) is 12.2. The minimum atomic E-state index is -0.466. The van der Waals surface area contributed by atoms with Gasteiger partial charge in [0.2, 0.25) is 0 Å². The van der Waals surface area contributed by atoms with Crippen LogP contribution in [0.25, 0.3) is 28.3 Å². The summed E-state index contributed by atoms with van der Waals surface area (Å²) in [4.78, 5) is 21.3. The fourth-order valence-corrected chi connectivity index (χ4v) is 3.74. The van der Waals surface area contributed by atoms with Crippen molar-refractivity contribution in [1.82, 2.24) is 33.9 Å². The molecule has 0 bridgehead atoms. The predicted octanol–water partition coefficient (Wildman–Crippen LogP) is 3.28. The van der Waals surface area contributed by atoms with Crippen molar-refractivity contribution in [3.8, 4) is 22.6 Å². The second-order valence-electron chi connectivity index (χ2n) is 7.58. The zero-order valence-corrected chi connectivity index (χ0v) is 18.0. The van der Waals surface area contributed by atoms with Gasteiger partial charge in [0.05, 0.1) is 43.2 Å². The molecule has 4 heterocycles. The summed E-state index contributed by atoms with van der Waals surface area (Å²) in [5.41, 5.74) is 3.80. The Balaban J connectivity index is 1.58. The van der Waals surface area contributed by atoms with Gasteiger partial charge in [-0.2, -0.15) is 10.2 Å². The molecule has 0 saturated carbocycles. The lowest BCUT2D eigenvalue weighted by atomic mass is 10.0. The first kappa shape index (κ1) is 20.6. The van der Waals surface area contributed by atoms with Crippen molar-refractivity contribution in [3.05, 3.63) is 78.9 Å². The molecule has 0 N–H and O–H groups in total. The number of carbonyl (C=O) groups excluding carboxylic acids is 1. The highest BCUT2D eigenvalue weighted by Crippen LogP contribution is 2.28. The van der Waals surface area contributed by atoms with Crippen molar-refractivity contribution < 1.29 is 13.9 Å². The summed E-state index contributed by atoms with van der Waals surface area (Å²) in [6.45, 7) is 0. The van der Waals surface area contributed by atoms with E-state index in [-0.39, 0.29) is 12.2 Å². The van der Waals surface area contributed by atoms with Gasteiger partial charge in [0, 0.05) is 43.5 Å². The molecule has 0 aliphatic rings. The molecule has 5 aromatic rings. The van der Waals surface area contributed by atoms with Gasteiger partial charge >= 0.3 is 5.97 Å². The molecule has 1 unspecified atom stereocenters. The highest BCUT2D eigenvalue weighted by molar-refractivity contribution is 5.71. The Morgan fingerprint density at radius 3 is 2.64 bits per heavy atom. The molecule has 5 rings (SSSR count). The topological polar surface area (TPSA) is 92.1 Å². The van der Waals surface area contributed by atoms with E-state index in [2.05, 4.69) is 15.2 Å². The first-order chi connectivity index (χ1) is 16.0. The predicted molar refractivity (Wildman–Crippen MR) is 118 cm³/mol. The third kappa shape index (κ3) is 3.98. The summed E-state index contributed by atoms with van der Waals surface area (Å²) in [6.07, 6.45) is 10.7. The number of methoxy groups -OCH3 is 1. The highest BCUT2D eigenvalue weighted by atomic mass is 19.1. The largest absolute Gasteiger partial charge is 0.469 e. The molecule has 4 aromatic heterocycles. The number of halogens is 1. The molecule has 0 spiro atoms. The monoisotopic (exact) mass is 445 g/mol. The van der Waals surface area contributed by atoms with Crippen molar-refractivity contribution >= 4 is 11.6 Å². The maximum absolute atomic E-state index is 13.5. The molecule has 166 valence electrons. The minimum absolute atomic E-state index is 0.0485. The molecule has 1 aromatic carbocycles. The van der Waals surface area contributed by atoms with Gasteiger partial charge < -0.3 is 4.74 Å². The van der Waals surface area contributed by atoms with Crippen LogP contribution >= 0.6 is 0 Å². The molecule has 9 nitrogen and oxygen atoms in total. The molecule has 0 aliphatic carbocycles. The number of aryl methyl sites for hydroxylation is 1. The number of rotatable bonds is 6. The standard InChI is InChI=1S/C23H20FN7O2/c1-29-13-16(11-26-29)19-9-21-25-7-8-30(21)23(28-19)17-12-27-31(14-17)20(10-22(32)33-2)15-3-5-18(24)6-4-15/h3-9,11-14,20H,10H2,1-2H3. The third-order valence-electron chi connectivity index (χ3n) is 5.41. The van der Waals surface area contributed by atoms with Crippen LogP contribution in [0.3, 0.4) is 0 Å². The van der Waals surface area contributed by atoms with Gasteiger partial charge in [-0.05, 0) is 17.7 Å². The quantitative estimate of drug-likeness (QED) is 0.373. The molecular formula is C23H20FN7O2. The Kier molecular flexibility index (Phi) is 5.17. The summed E-state index contributed by atoms with van der Waals surface area (Å²) in [5, 5.41) is 8.73. The van der Waals surface area contributed by atoms with Crippen LogP contribution in [0.15, 0.2) is 67.5 Å². The van der Waals surface area contributed by atoms with Crippen LogP contribution in [0.2, 0.25) is 0 Å². The average molecular weight is 445 g/mol. The lowest BCUT2D eigenvalue weighted by Crippen LogP contribution is -2.16. The zero-order valence-electron chi connectivity index (χ0n) is 18.0. The van der Waals surface area contributed by atoms with Crippen LogP contribution in [0.4, 0.5) is 4.39 Å². The number of imidazole rings is 1. The number of aromatic nitrogens is 7. The fourth-order valence-electron chi connectivity index (χ4n) is 3.74. The lowest BCUT2D eigenvalue weighted by molar-refractivity contribution is -0.141. The average Bonchev–Trinajstić information content (AvgIpc) is 3.58. The second-order valence-corrected chi connectivity index (χ2v) is 7.58. The minimum Gasteiger partial charge on any atom is -0.469 e. The summed E-state index contributed by atoms with van der Waals surface area (Å²) in [5.74, 6) is -0.100. The van der Waals surface area contributed by atoms with Crippen molar-refractivity contribution in [2.75, 3.05) is 7.11 Å². The lowest BCUT2D eigenvalue weighted by Gasteiger charge is -2.17. The van der Waals surface area contributed by atoms with Crippen LogP contribution in [-0.2, 0) is 16.6 Å². The van der Waals surface area contributed by atoms with Gasteiger partial charge in [-0.1, -0.05) is 12.1 Å². The number of ether oxygens (including phenoxy) is 1. The Morgan fingerprint density at radius 2 is 1.91 bits per heavy atom. The first-order valence-corrected chi connectivity index (χ1v) is 10.2. The number of hydrogen-bond acceptors (Lipinski definition) is 6. The number of carbonyl (C=O) groups is 1. The maximum atomic E-state index is 13.5. The molecule has 0 amide bonds. The molecule has 0 aliphatic heterocycles. The van der Waals surface area contributed by atoms with E-state index >= 15 is 0 Å². The smallest absolute Gasteiger partial charge is 0.308 e. The van der Waals surface area contributed by atoms with E-state index in [0.717, 1.165) is 28.0 Å². The van der Waals surface area contributed by atoms with Crippen molar-refractivity contribution in [3.63, 3.8) is 0 Å². The summed E-state index contributed by atoms with van der Waals surface area (Å²) in [6, 6.07) is 7.42. The Bertz CT molecular complexity index is 1430. The van der Waals surface area contributed by atoms with Gasteiger partial charge in [0.15, 0.2) is 0 Å². The molecule has 0 saturated heterocycles. The van der Waals surface area contributed by atoms with E-state index in [0.29, 0.717) is 5.82 Å². The van der Waals surface area contributed by atoms with Crippen LogP contribution in [0, 0.1) is 5.82 Å². The number of benzene rings is 1. The Morgan fingerprint density at radius 1 is 1.12 bits per heavy atom. The number of esters is 1. The van der Waals surface area contributed by atoms with Crippen LogP contribution < -0.4 is 0 Å². The summed E-state index contributed by atoms with van der Waals surface area (Å²) in [7, 11) is 3.18. The van der Waals surface area contributed by atoms with Crippen LogP contribution in [-0.4, -0.2) is 47.0 Å². The van der Waals surface area contributed by atoms with Gasteiger partial charge in [-0.3, -0.25) is 18.6 Å². The van der Waals surface area contributed by atoms with E-state index in [1.165, 1.54) is 19.2 Å². The van der Waals surface area contributed by atoms with Crippen molar-refractivity contribution in [2.45, 2.75) is 12.5 Å². The Labute approximate surface area is 188 Å². The van der Waals surface area contributed by atoms with Crippen LogP contribution in [0.5, 0.6) is 0 Å². The fraction of sp³-hybridized carbons (Fsp3) is 0.174. The molecule has 0 radical (unpaired) electrons. The van der Waals surface area contributed by atoms with E-state index < -0.39 is 12.0 Å². The maximum Gasteiger partial charge on any atom is 0.308 e. The summed E-state index contributed by atoms with van der Waals surface area (Å²) < 4.78 is 23.6. The highest BCUT2D eigenvalue weighted by Gasteiger charge is 2.21. The van der Waals surface area contributed by atoms with E-state index in [1.54, 1.807) is 40.1 Å². The Hall–Kier alpha value is -4.34. The zero-order chi connectivity index (χ0) is 22.9. The van der Waals surface area contributed by atoms with Crippen LogP contribution in [0.1, 0.15) is 18.0 Å². The molecular weight excluding hydrogens is 425 g/mol. The number of nitrogens with zero attached hydrogens (tertiary/aromatic N) is 7. The SMILES string of the molecule is COC(=O)CC(c1ccc(F)cc1)n1cc(-c2nc(-c3cnn(C)c3)cc3nccn23)cn1. The van der Waals surface area contributed by atoms with E-state index in [9.17, 15) is 9.18 Å². The van der Waals surface area contributed by atoms with Crippen molar-refractivity contribution in [2.24, 2.45) is 7.05 Å². The molecule has 0 fully saturated rings. The first-order valence-electron chi connectivity index (χ1n) is 10.2. The molecule has 10 heteroatoms.